The van der Waals surface area contributed by atoms with Crippen LogP contribution in [0.5, 0.6) is 0 Å². The third-order valence-electron chi connectivity index (χ3n) is 2.50. The number of rotatable bonds is 3. The Balaban J connectivity index is 0.000000401. The van der Waals surface area contributed by atoms with Crippen molar-refractivity contribution < 1.29 is 4.79 Å². The van der Waals surface area contributed by atoms with Crippen molar-refractivity contribution in [3.05, 3.63) is 60.2 Å². The van der Waals surface area contributed by atoms with E-state index in [1.54, 1.807) is 11.8 Å². The van der Waals surface area contributed by atoms with Crippen LogP contribution in [0.4, 0.5) is 5.69 Å². The molecule has 2 aromatic carbocycles. The lowest BCUT2D eigenvalue weighted by Crippen LogP contribution is -2.26. The normalized spacial score (nSPS) is 9.88. The summed E-state index contributed by atoms with van der Waals surface area (Å²) >= 11 is 1.66. The molecule has 0 bridgehead atoms. The second kappa shape index (κ2) is 12.5. The van der Waals surface area contributed by atoms with Crippen molar-refractivity contribution in [3.8, 4) is 0 Å². The summed E-state index contributed by atoms with van der Waals surface area (Å²) in [5.41, 5.74) is 12.6. The summed E-state index contributed by atoms with van der Waals surface area (Å²) in [4.78, 5) is 12.1. The molecule has 138 valence electrons. The second-order valence-electron chi connectivity index (χ2n) is 6.50. The molecule has 0 aromatic heterocycles. The number of benzene rings is 2. The van der Waals surface area contributed by atoms with Crippen LogP contribution in [-0.2, 0) is 4.79 Å². The number of amides is 1. The van der Waals surface area contributed by atoms with Crippen LogP contribution < -0.4 is 16.8 Å². The van der Waals surface area contributed by atoms with Crippen LogP contribution in [0.25, 0.3) is 0 Å². The SMILES string of the molecule is CC(C)(C)N.CSc1ccc(NC(=O)CN)cc1.Cc1ccccc1. The molecule has 0 unspecified atom stereocenters. The second-order valence-corrected chi connectivity index (χ2v) is 7.38. The van der Waals surface area contributed by atoms with Gasteiger partial charge in [-0.15, -0.1) is 11.8 Å². The summed E-state index contributed by atoms with van der Waals surface area (Å²) in [6.45, 7) is 8.00. The Morgan fingerprint density at radius 1 is 1.04 bits per heavy atom. The number of aryl methyl sites for hydroxylation is 1. The topological polar surface area (TPSA) is 81.1 Å². The van der Waals surface area contributed by atoms with Crippen molar-refractivity contribution in [3.63, 3.8) is 0 Å². The van der Waals surface area contributed by atoms with E-state index in [9.17, 15) is 4.79 Å². The fourth-order valence-corrected chi connectivity index (χ4v) is 1.83. The first kappa shape index (κ1) is 23.2. The molecule has 0 aliphatic heterocycles. The molecule has 5 N–H and O–H groups in total. The Morgan fingerprint density at radius 2 is 1.52 bits per heavy atom. The Kier molecular flexibility index (Phi) is 11.6. The van der Waals surface area contributed by atoms with E-state index >= 15 is 0 Å². The predicted molar refractivity (Wildman–Crippen MR) is 111 cm³/mol. The molecule has 2 rings (SSSR count). The summed E-state index contributed by atoms with van der Waals surface area (Å²) in [5.74, 6) is -0.170. The van der Waals surface area contributed by atoms with Gasteiger partial charge in [0.05, 0.1) is 6.54 Å². The third-order valence-corrected chi connectivity index (χ3v) is 3.24. The van der Waals surface area contributed by atoms with Crippen LogP contribution in [-0.4, -0.2) is 24.2 Å². The van der Waals surface area contributed by atoms with Gasteiger partial charge in [0.2, 0.25) is 5.91 Å². The minimum atomic E-state index is -0.170. The van der Waals surface area contributed by atoms with Gasteiger partial charge in [-0.3, -0.25) is 4.79 Å². The minimum absolute atomic E-state index is 0. The fraction of sp³-hybridized carbons (Fsp3) is 0.350. The van der Waals surface area contributed by atoms with Gasteiger partial charge in [0, 0.05) is 16.1 Å². The lowest BCUT2D eigenvalue weighted by Gasteiger charge is -2.06. The highest BCUT2D eigenvalue weighted by Gasteiger charge is 1.98. The van der Waals surface area contributed by atoms with Crippen molar-refractivity contribution in [2.45, 2.75) is 38.1 Å². The first-order valence-electron chi connectivity index (χ1n) is 8.10. The van der Waals surface area contributed by atoms with Gasteiger partial charge in [0.1, 0.15) is 0 Å². The number of carbonyl (C=O) groups is 1. The van der Waals surface area contributed by atoms with E-state index in [0.717, 1.165) is 5.69 Å². The van der Waals surface area contributed by atoms with E-state index in [1.165, 1.54) is 10.5 Å². The summed E-state index contributed by atoms with van der Waals surface area (Å²) < 4.78 is 0. The highest BCUT2D eigenvalue weighted by atomic mass is 32.2. The summed E-state index contributed by atoms with van der Waals surface area (Å²) in [6, 6.07) is 17.9. The molecule has 0 radical (unpaired) electrons. The van der Waals surface area contributed by atoms with Gasteiger partial charge in [-0.25, -0.2) is 0 Å². The van der Waals surface area contributed by atoms with Crippen molar-refractivity contribution in [2.24, 2.45) is 11.5 Å². The van der Waals surface area contributed by atoms with Crippen LogP contribution in [0, 0.1) is 6.92 Å². The van der Waals surface area contributed by atoms with Crippen LogP contribution in [0.2, 0.25) is 0 Å². The van der Waals surface area contributed by atoms with E-state index < -0.39 is 0 Å². The quantitative estimate of drug-likeness (QED) is 0.721. The zero-order valence-electron chi connectivity index (χ0n) is 15.9. The molecular formula is C20H31N3OS. The third kappa shape index (κ3) is 15.4. The first-order chi connectivity index (χ1) is 11.7. The Hall–Kier alpha value is -1.82. The van der Waals surface area contributed by atoms with E-state index in [0.29, 0.717) is 0 Å². The summed E-state index contributed by atoms with van der Waals surface area (Å²) in [6.07, 6.45) is 2.01. The Bertz CT molecular complexity index is 587. The molecule has 0 aliphatic carbocycles. The van der Waals surface area contributed by atoms with E-state index in [1.807, 2.05) is 69.5 Å². The van der Waals surface area contributed by atoms with Crippen molar-refractivity contribution in [1.82, 2.24) is 0 Å². The molecule has 0 saturated carbocycles. The number of nitrogens with two attached hydrogens (primary N) is 2. The molecule has 1 amide bonds. The van der Waals surface area contributed by atoms with Crippen molar-refractivity contribution in [2.75, 3.05) is 18.1 Å². The lowest BCUT2D eigenvalue weighted by molar-refractivity contribution is -0.114. The predicted octanol–water partition coefficient (Wildman–Crippen LogP) is 4.04. The monoisotopic (exact) mass is 361 g/mol. The van der Waals surface area contributed by atoms with Gasteiger partial charge in [0.15, 0.2) is 0 Å². The standard InChI is InChI=1S/C9H12N2OS.C7H8.C4H11N/c1-13-8-4-2-7(3-5-8)11-9(12)6-10;1-7-5-3-2-4-6-7;1-4(2,3)5/h2-5H,6,10H2,1H3,(H,11,12);2-6H,1H3;5H2,1-3H3. The summed E-state index contributed by atoms with van der Waals surface area (Å²) in [5, 5.41) is 2.67. The van der Waals surface area contributed by atoms with Crippen LogP contribution >= 0.6 is 11.8 Å². The number of anilines is 1. The molecule has 25 heavy (non-hydrogen) atoms. The number of thioether (sulfide) groups is 1. The molecule has 5 heteroatoms. The smallest absolute Gasteiger partial charge is 0.238 e. The molecule has 0 fully saturated rings. The number of hydrogen-bond donors (Lipinski definition) is 3. The zero-order valence-corrected chi connectivity index (χ0v) is 16.7. The van der Waals surface area contributed by atoms with Gasteiger partial charge < -0.3 is 16.8 Å². The van der Waals surface area contributed by atoms with E-state index in [-0.39, 0.29) is 18.0 Å². The number of hydrogen-bond acceptors (Lipinski definition) is 4. The van der Waals surface area contributed by atoms with Gasteiger partial charge >= 0.3 is 0 Å². The molecule has 0 spiro atoms. The Morgan fingerprint density at radius 3 is 1.84 bits per heavy atom. The average Bonchev–Trinajstić information content (AvgIpc) is 2.55. The highest BCUT2D eigenvalue weighted by molar-refractivity contribution is 7.98. The van der Waals surface area contributed by atoms with Gasteiger partial charge in [0.25, 0.3) is 0 Å². The van der Waals surface area contributed by atoms with Crippen molar-refractivity contribution in [1.29, 1.82) is 0 Å². The maximum atomic E-state index is 10.9. The van der Waals surface area contributed by atoms with Crippen LogP contribution in [0.3, 0.4) is 0 Å². The van der Waals surface area contributed by atoms with Crippen molar-refractivity contribution >= 4 is 23.4 Å². The van der Waals surface area contributed by atoms with Crippen LogP contribution in [0.15, 0.2) is 59.5 Å². The van der Waals surface area contributed by atoms with Gasteiger partial charge in [-0.2, -0.15) is 0 Å². The number of carbonyl (C=O) groups excluding carboxylic acids is 1. The molecule has 4 nitrogen and oxygen atoms in total. The Labute approximate surface area is 156 Å². The lowest BCUT2D eigenvalue weighted by atomic mass is 10.1. The largest absolute Gasteiger partial charge is 0.326 e. The minimum Gasteiger partial charge on any atom is -0.326 e. The molecule has 0 aliphatic rings. The average molecular weight is 362 g/mol. The van der Waals surface area contributed by atoms with Gasteiger partial charge in [-0.05, 0) is 58.2 Å². The number of nitrogens with one attached hydrogen (secondary N) is 1. The molecule has 0 atom stereocenters. The molecule has 2 aromatic rings. The first-order valence-corrected chi connectivity index (χ1v) is 9.32. The summed E-state index contributed by atoms with van der Waals surface area (Å²) in [7, 11) is 0. The van der Waals surface area contributed by atoms with Crippen LogP contribution in [0.1, 0.15) is 26.3 Å². The zero-order chi connectivity index (χ0) is 19.3. The molecular weight excluding hydrogens is 330 g/mol. The van der Waals surface area contributed by atoms with E-state index in [2.05, 4.69) is 24.4 Å². The van der Waals surface area contributed by atoms with Gasteiger partial charge in [-0.1, -0.05) is 35.9 Å². The molecule has 0 heterocycles. The fourth-order valence-electron chi connectivity index (χ4n) is 1.42. The van der Waals surface area contributed by atoms with E-state index in [4.69, 9.17) is 11.5 Å². The maximum Gasteiger partial charge on any atom is 0.238 e. The maximum absolute atomic E-state index is 10.9. The highest BCUT2D eigenvalue weighted by Crippen LogP contribution is 2.17. The molecule has 0 saturated heterocycles.